The molecule has 3 nitrogen and oxygen atoms in total. The zero-order chi connectivity index (χ0) is 11.3. The highest BCUT2D eigenvalue weighted by Gasteiger charge is 2.20. The van der Waals surface area contributed by atoms with Crippen molar-refractivity contribution < 1.29 is 9.84 Å². The van der Waals surface area contributed by atoms with Crippen LogP contribution in [0.25, 0.3) is 0 Å². The molecule has 0 aromatic carbocycles. The first-order valence-electron chi connectivity index (χ1n) is 6.07. The molecule has 90 valence electrons. The molecule has 1 rings (SSSR count). The molecule has 1 N–H and O–H groups in total. The second-order valence-corrected chi connectivity index (χ2v) is 5.09. The fraction of sp³-hybridized carbons (Fsp3) is 1.00. The van der Waals surface area contributed by atoms with Crippen LogP contribution in [-0.2, 0) is 4.74 Å². The zero-order valence-electron chi connectivity index (χ0n) is 10.3. The maximum Gasteiger partial charge on any atom is 0.0702 e. The van der Waals surface area contributed by atoms with E-state index in [1.165, 1.54) is 12.8 Å². The normalized spacial score (nSPS) is 22.6. The Morgan fingerprint density at radius 1 is 1.47 bits per heavy atom. The molecule has 1 aliphatic heterocycles. The van der Waals surface area contributed by atoms with Crippen LogP contribution in [0.2, 0.25) is 0 Å². The van der Waals surface area contributed by atoms with E-state index in [9.17, 15) is 5.11 Å². The van der Waals surface area contributed by atoms with Crippen molar-refractivity contribution in [1.82, 2.24) is 4.90 Å². The van der Waals surface area contributed by atoms with Gasteiger partial charge >= 0.3 is 0 Å². The molecule has 1 saturated heterocycles. The number of hydrogen-bond donors (Lipinski definition) is 1. The highest BCUT2D eigenvalue weighted by molar-refractivity contribution is 4.73. The summed E-state index contributed by atoms with van der Waals surface area (Å²) in [5, 5.41) is 9.66. The Morgan fingerprint density at radius 2 is 2.20 bits per heavy atom. The summed E-state index contributed by atoms with van der Waals surface area (Å²) in [6, 6.07) is 0. The van der Waals surface area contributed by atoms with Crippen LogP contribution in [0, 0.1) is 0 Å². The first-order chi connectivity index (χ1) is 7.01. The van der Waals surface area contributed by atoms with Crippen molar-refractivity contribution in [2.45, 2.75) is 51.7 Å². The molecule has 0 radical (unpaired) electrons. The molecule has 0 saturated carbocycles. The first kappa shape index (κ1) is 12.9. The van der Waals surface area contributed by atoms with Crippen LogP contribution in [0.3, 0.4) is 0 Å². The van der Waals surface area contributed by atoms with E-state index in [1.54, 1.807) is 0 Å². The van der Waals surface area contributed by atoms with Crippen molar-refractivity contribution in [1.29, 1.82) is 0 Å². The standard InChI is InChI=1S/C12H25NO2/c1-4-13(8-7-12(2,3)14)10-11-6-5-9-15-11/h11,14H,4-10H2,1-3H3. The molecule has 0 bridgehead atoms. The summed E-state index contributed by atoms with van der Waals surface area (Å²) >= 11 is 0. The summed E-state index contributed by atoms with van der Waals surface area (Å²) < 4.78 is 5.61. The molecule has 1 fully saturated rings. The van der Waals surface area contributed by atoms with Gasteiger partial charge in [0.25, 0.3) is 0 Å². The molecule has 3 heteroatoms. The third kappa shape index (κ3) is 5.50. The van der Waals surface area contributed by atoms with Gasteiger partial charge in [-0.3, -0.25) is 0 Å². The number of hydrogen-bond acceptors (Lipinski definition) is 3. The van der Waals surface area contributed by atoms with E-state index in [0.717, 1.165) is 32.7 Å². The summed E-state index contributed by atoms with van der Waals surface area (Å²) in [6.07, 6.45) is 3.65. The first-order valence-corrected chi connectivity index (χ1v) is 6.07. The minimum Gasteiger partial charge on any atom is -0.390 e. The van der Waals surface area contributed by atoms with Crippen LogP contribution >= 0.6 is 0 Å². The third-order valence-corrected chi connectivity index (χ3v) is 2.97. The van der Waals surface area contributed by atoms with Crippen molar-refractivity contribution in [2.75, 3.05) is 26.2 Å². The lowest BCUT2D eigenvalue weighted by Gasteiger charge is -2.26. The van der Waals surface area contributed by atoms with Crippen molar-refractivity contribution >= 4 is 0 Å². The predicted molar refractivity (Wildman–Crippen MR) is 62.0 cm³/mol. The van der Waals surface area contributed by atoms with E-state index in [2.05, 4.69) is 11.8 Å². The highest BCUT2D eigenvalue weighted by Crippen LogP contribution is 2.14. The largest absolute Gasteiger partial charge is 0.390 e. The number of aliphatic hydroxyl groups is 1. The van der Waals surface area contributed by atoms with Crippen molar-refractivity contribution in [2.24, 2.45) is 0 Å². The molecule has 0 aliphatic carbocycles. The van der Waals surface area contributed by atoms with Gasteiger partial charge in [-0.15, -0.1) is 0 Å². The molecule has 0 aromatic heterocycles. The van der Waals surface area contributed by atoms with Gasteiger partial charge in [-0.05, 0) is 39.7 Å². The van der Waals surface area contributed by atoms with E-state index in [4.69, 9.17) is 4.74 Å². The lowest BCUT2D eigenvalue weighted by atomic mass is 10.1. The van der Waals surface area contributed by atoms with Gasteiger partial charge in [0.05, 0.1) is 11.7 Å². The lowest BCUT2D eigenvalue weighted by molar-refractivity contribution is 0.0407. The summed E-state index contributed by atoms with van der Waals surface area (Å²) in [7, 11) is 0. The van der Waals surface area contributed by atoms with Gasteiger partial charge in [0.15, 0.2) is 0 Å². The molecule has 15 heavy (non-hydrogen) atoms. The summed E-state index contributed by atoms with van der Waals surface area (Å²) in [6.45, 7) is 9.84. The van der Waals surface area contributed by atoms with Gasteiger partial charge in [0.1, 0.15) is 0 Å². The lowest BCUT2D eigenvalue weighted by Crippen LogP contribution is -2.36. The Labute approximate surface area is 93.4 Å². The smallest absolute Gasteiger partial charge is 0.0702 e. The Morgan fingerprint density at radius 3 is 2.67 bits per heavy atom. The van der Waals surface area contributed by atoms with Crippen molar-refractivity contribution in [3.8, 4) is 0 Å². The van der Waals surface area contributed by atoms with Gasteiger partial charge in [-0.25, -0.2) is 0 Å². The fourth-order valence-electron chi connectivity index (χ4n) is 1.89. The molecular formula is C12H25NO2. The third-order valence-electron chi connectivity index (χ3n) is 2.97. The minimum atomic E-state index is -0.552. The zero-order valence-corrected chi connectivity index (χ0v) is 10.3. The topological polar surface area (TPSA) is 32.7 Å². The number of rotatable bonds is 6. The maximum absolute atomic E-state index is 9.66. The van der Waals surface area contributed by atoms with Crippen LogP contribution in [0.1, 0.15) is 40.0 Å². The molecule has 1 heterocycles. The molecule has 1 atom stereocenters. The quantitative estimate of drug-likeness (QED) is 0.731. The van der Waals surface area contributed by atoms with Gasteiger partial charge in [0, 0.05) is 19.7 Å². The fourth-order valence-corrected chi connectivity index (χ4v) is 1.89. The predicted octanol–water partition coefficient (Wildman–Crippen LogP) is 1.65. The maximum atomic E-state index is 9.66. The van der Waals surface area contributed by atoms with Gasteiger partial charge in [-0.2, -0.15) is 0 Å². The van der Waals surface area contributed by atoms with Crippen LogP contribution in [0.4, 0.5) is 0 Å². The van der Waals surface area contributed by atoms with Crippen LogP contribution in [-0.4, -0.2) is 48.0 Å². The SMILES string of the molecule is CCN(CCC(C)(C)O)CC1CCCO1. The summed E-state index contributed by atoms with van der Waals surface area (Å²) in [5.74, 6) is 0. The molecule has 0 aromatic rings. The minimum absolute atomic E-state index is 0.423. The van der Waals surface area contributed by atoms with Gasteiger partial charge < -0.3 is 14.7 Å². The molecule has 0 spiro atoms. The highest BCUT2D eigenvalue weighted by atomic mass is 16.5. The van der Waals surface area contributed by atoms with Crippen molar-refractivity contribution in [3.63, 3.8) is 0 Å². The Hall–Kier alpha value is -0.120. The molecule has 1 unspecified atom stereocenters. The van der Waals surface area contributed by atoms with E-state index in [-0.39, 0.29) is 0 Å². The molecular weight excluding hydrogens is 190 g/mol. The van der Waals surface area contributed by atoms with Crippen LogP contribution in [0.5, 0.6) is 0 Å². The number of ether oxygens (including phenoxy) is 1. The van der Waals surface area contributed by atoms with E-state index >= 15 is 0 Å². The number of nitrogens with zero attached hydrogens (tertiary/aromatic N) is 1. The Kier molecular flexibility index (Phi) is 5.03. The Bertz CT molecular complexity index is 171. The van der Waals surface area contributed by atoms with E-state index in [0.29, 0.717) is 6.10 Å². The molecule has 1 aliphatic rings. The van der Waals surface area contributed by atoms with E-state index in [1.807, 2.05) is 13.8 Å². The van der Waals surface area contributed by atoms with Gasteiger partial charge in [-0.1, -0.05) is 6.92 Å². The monoisotopic (exact) mass is 215 g/mol. The summed E-state index contributed by atoms with van der Waals surface area (Å²) in [5.41, 5.74) is -0.552. The summed E-state index contributed by atoms with van der Waals surface area (Å²) in [4.78, 5) is 2.37. The van der Waals surface area contributed by atoms with Crippen LogP contribution in [0.15, 0.2) is 0 Å². The van der Waals surface area contributed by atoms with Crippen LogP contribution < -0.4 is 0 Å². The Balaban J connectivity index is 2.22. The second kappa shape index (κ2) is 5.83. The average Bonchev–Trinajstić information content (AvgIpc) is 2.63. The van der Waals surface area contributed by atoms with Gasteiger partial charge in [0.2, 0.25) is 0 Å². The number of likely N-dealkylation sites (N-methyl/N-ethyl adjacent to an activating group) is 1. The molecule has 0 amide bonds. The van der Waals surface area contributed by atoms with E-state index < -0.39 is 5.60 Å². The average molecular weight is 215 g/mol. The van der Waals surface area contributed by atoms with Crippen molar-refractivity contribution in [3.05, 3.63) is 0 Å². The second-order valence-electron chi connectivity index (χ2n) is 5.09.